The zero-order chi connectivity index (χ0) is 11.3. The van der Waals surface area contributed by atoms with Gasteiger partial charge in [0.1, 0.15) is 12.4 Å². The molecule has 0 atom stereocenters. The second kappa shape index (κ2) is 5.41. The molecule has 0 aliphatic heterocycles. The Hall–Kier alpha value is -1.49. The van der Waals surface area contributed by atoms with Crippen LogP contribution in [0.3, 0.4) is 0 Å². The molecule has 5 heteroatoms. The topological polar surface area (TPSA) is 35.5 Å². The fraction of sp³-hybridized carbons (Fsp3) is 0.300. The second-order valence-electron chi connectivity index (χ2n) is 2.76. The fourth-order valence-electron chi connectivity index (χ4n) is 1.06. The summed E-state index contributed by atoms with van der Waals surface area (Å²) in [6.07, 6.45) is 0. The number of carbonyl (C=O) groups is 1. The molecule has 0 radical (unpaired) electrons. The lowest BCUT2D eigenvalue weighted by atomic mass is 10.1. The first-order valence-corrected chi connectivity index (χ1v) is 4.20. The van der Waals surface area contributed by atoms with Crippen molar-refractivity contribution in [1.82, 2.24) is 0 Å². The summed E-state index contributed by atoms with van der Waals surface area (Å²) in [6, 6.07) is 5.60. The Kier molecular flexibility index (Phi) is 4.17. The summed E-state index contributed by atoms with van der Waals surface area (Å²) in [5.74, 6) is -0.316. The first-order chi connectivity index (χ1) is 7.13. The van der Waals surface area contributed by atoms with Crippen molar-refractivity contribution >= 4 is 5.78 Å². The Morgan fingerprint density at radius 1 is 1.47 bits per heavy atom. The molecule has 82 valence electrons. The number of Topliss-reactive ketones (excluding diaryl/α,β-unsaturated/α-hetero) is 1. The molecule has 15 heavy (non-hydrogen) atoms. The summed E-state index contributed by atoms with van der Waals surface area (Å²) in [7, 11) is 1.39. The highest BCUT2D eigenvalue weighted by molar-refractivity contribution is 5.97. The normalized spacial score (nSPS) is 10.4. The Morgan fingerprint density at radius 3 is 2.80 bits per heavy atom. The lowest BCUT2D eigenvalue weighted by Gasteiger charge is -2.05. The van der Waals surface area contributed by atoms with Crippen LogP contribution >= 0.6 is 0 Å². The molecule has 0 N–H and O–H groups in total. The van der Waals surface area contributed by atoms with Gasteiger partial charge in [0.25, 0.3) is 0 Å². The van der Waals surface area contributed by atoms with E-state index in [9.17, 15) is 13.6 Å². The van der Waals surface area contributed by atoms with Gasteiger partial charge in [0.2, 0.25) is 0 Å². The van der Waals surface area contributed by atoms with Crippen LogP contribution in [0.5, 0.6) is 5.75 Å². The number of rotatable bonds is 5. The minimum Gasteiger partial charge on any atom is -0.435 e. The van der Waals surface area contributed by atoms with E-state index in [1.165, 1.54) is 31.4 Å². The predicted molar refractivity (Wildman–Crippen MR) is 49.3 cm³/mol. The maximum absolute atomic E-state index is 11.9. The van der Waals surface area contributed by atoms with Gasteiger partial charge in [0, 0.05) is 12.7 Å². The van der Waals surface area contributed by atoms with Crippen molar-refractivity contribution in [3.63, 3.8) is 0 Å². The number of carbonyl (C=O) groups excluding carboxylic acids is 1. The molecule has 1 rings (SSSR count). The average Bonchev–Trinajstić information content (AvgIpc) is 2.17. The van der Waals surface area contributed by atoms with Crippen molar-refractivity contribution in [1.29, 1.82) is 0 Å². The summed E-state index contributed by atoms with van der Waals surface area (Å²) < 4.78 is 32.5. The highest BCUT2D eigenvalue weighted by Gasteiger charge is 2.08. The van der Waals surface area contributed by atoms with Gasteiger partial charge in [-0.25, -0.2) is 0 Å². The SMILES string of the molecule is COCC(=O)c1cccc(OC(F)F)c1. The number of ether oxygens (including phenoxy) is 2. The van der Waals surface area contributed by atoms with E-state index in [2.05, 4.69) is 9.47 Å². The van der Waals surface area contributed by atoms with Crippen LogP contribution in [-0.4, -0.2) is 26.1 Å². The predicted octanol–water partition coefficient (Wildman–Crippen LogP) is 2.12. The Morgan fingerprint density at radius 2 is 2.20 bits per heavy atom. The highest BCUT2D eigenvalue weighted by atomic mass is 19.3. The number of methoxy groups -OCH3 is 1. The molecule has 0 aromatic heterocycles. The standard InChI is InChI=1S/C10H10F2O3/c1-14-6-9(13)7-3-2-4-8(5-7)15-10(11)12/h2-5,10H,6H2,1H3. The maximum Gasteiger partial charge on any atom is 0.387 e. The second-order valence-corrected chi connectivity index (χ2v) is 2.76. The van der Waals surface area contributed by atoms with Crippen molar-refractivity contribution < 1.29 is 23.0 Å². The molecule has 0 heterocycles. The van der Waals surface area contributed by atoms with E-state index in [1.54, 1.807) is 0 Å². The van der Waals surface area contributed by atoms with Gasteiger partial charge < -0.3 is 9.47 Å². The molecule has 0 unspecified atom stereocenters. The zero-order valence-electron chi connectivity index (χ0n) is 8.07. The Balaban J connectivity index is 2.78. The van der Waals surface area contributed by atoms with Gasteiger partial charge in [0.15, 0.2) is 5.78 Å². The third-order valence-electron chi connectivity index (χ3n) is 1.66. The van der Waals surface area contributed by atoms with E-state index in [0.29, 0.717) is 0 Å². The van der Waals surface area contributed by atoms with E-state index in [-0.39, 0.29) is 23.7 Å². The number of hydrogen-bond donors (Lipinski definition) is 0. The molecule has 0 saturated heterocycles. The summed E-state index contributed by atoms with van der Waals surface area (Å²) in [6.45, 7) is -2.98. The molecular formula is C10H10F2O3. The van der Waals surface area contributed by atoms with E-state index in [0.717, 1.165) is 0 Å². The van der Waals surface area contributed by atoms with Crippen LogP contribution in [0.2, 0.25) is 0 Å². The summed E-state index contributed by atoms with van der Waals surface area (Å²) >= 11 is 0. The van der Waals surface area contributed by atoms with Gasteiger partial charge in [-0.05, 0) is 12.1 Å². The van der Waals surface area contributed by atoms with E-state index < -0.39 is 6.61 Å². The van der Waals surface area contributed by atoms with Gasteiger partial charge in [-0.2, -0.15) is 8.78 Å². The van der Waals surface area contributed by atoms with E-state index >= 15 is 0 Å². The van der Waals surface area contributed by atoms with Crippen molar-refractivity contribution in [3.8, 4) is 5.75 Å². The molecule has 0 spiro atoms. The third kappa shape index (κ3) is 3.63. The quantitative estimate of drug-likeness (QED) is 0.707. The Bertz CT molecular complexity index is 339. The fourth-order valence-corrected chi connectivity index (χ4v) is 1.06. The molecule has 1 aromatic rings. The van der Waals surface area contributed by atoms with Crippen LogP contribution in [0.25, 0.3) is 0 Å². The molecular weight excluding hydrogens is 206 g/mol. The largest absolute Gasteiger partial charge is 0.435 e. The molecule has 0 aliphatic rings. The third-order valence-corrected chi connectivity index (χ3v) is 1.66. The maximum atomic E-state index is 11.9. The first-order valence-electron chi connectivity index (χ1n) is 4.20. The van der Waals surface area contributed by atoms with Crippen molar-refractivity contribution in [3.05, 3.63) is 29.8 Å². The Labute approximate surface area is 85.6 Å². The number of benzene rings is 1. The molecule has 0 saturated carbocycles. The highest BCUT2D eigenvalue weighted by Crippen LogP contribution is 2.16. The van der Waals surface area contributed by atoms with Crippen molar-refractivity contribution in [2.45, 2.75) is 6.61 Å². The molecule has 0 fully saturated rings. The number of halogens is 2. The molecule has 3 nitrogen and oxygen atoms in total. The first kappa shape index (κ1) is 11.6. The van der Waals surface area contributed by atoms with Gasteiger partial charge in [-0.3, -0.25) is 4.79 Å². The lowest BCUT2D eigenvalue weighted by Crippen LogP contribution is -2.08. The molecule has 1 aromatic carbocycles. The van der Waals surface area contributed by atoms with Crippen LogP contribution in [0.4, 0.5) is 8.78 Å². The van der Waals surface area contributed by atoms with E-state index in [4.69, 9.17) is 0 Å². The van der Waals surface area contributed by atoms with E-state index in [1.807, 2.05) is 0 Å². The van der Waals surface area contributed by atoms with Crippen LogP contribution in [0.1, 0.15) is 10.4 Å². The minimum atomic E-state index is -2.89. The monoisotopic (exact) mass is 216 g/mol. The van der Waals surface area contributed by atoms with Crippen LogP contribution < -0.4 is 4.74 Å². The van der Waals surface area contributed by atoms with Crippen molar-refractivity contribution in [2.75, 3.05) is 13.7 Å². The molecule has 0 bridgehead atoms. The smallest absolute Gasteiger partial charge is 0.387 e. The zero-order valence-corrected chi connectivity index (χ0v) is 8.07. The van der Waals surface area contributed by atoms with Crippen molar-refractivity contribution in [2.24, 2.45) is 0 Å². The molecule has 0 aliphatic carbocycles. The van der Waals surface area contributed by atoms with Gasteiger partial charge in [-0.15, -0.1) is 0 Å². The summed E-state index contributed by atoms with van der Waals surface area (Å²) in [5.41, 5.74) is 0.287. The van der Waals surface area contributed by atoms with Gasteiger partial charge >= 0.3 is 6.61 Å². The van der Waals surface area contributed by atoms with Gasteiger partial charge in [-0.1, -0.05) is 12.1 Å². The number of alkyl halides is 2. The summed E-state index contributed by atoms with van der Waals surface area (Å²) in [4.78, 5) is 11.3. The number of ketones is 1. The van der Waals surface area contributed by atoms with Gasteiger partial charge in [0.05, 0.1) is 0 Å². The van der Waals surface area contributed by atoms with Crippen LogP contribution in [-0.2, 0) is 4.74 Å². The van der Waals surface area contributed by atoms with Crippen LogP contribution in [0.15, 0.2) is 24.3 Å². The number of hydrogen-bond acceptors (Lipinski definition) is 3. The minimum absolute atomic E-state index is 0.0352. The average molecular weight is 216 g/mol. The lowest BCUT2D eigenvalue weighted by molar-refractivity contribution is -0.0498. The molecule has 0 amide bonds. The summed E-state index contributed by atoms with van der Waals surface area (Å²) in [5, 5.41) is 0. The van der Waals surface area contributed by atoms with Crippen LogP contribution in [0, 0.1) is 0 Å².